The molecule has 4 rings (SSSR count). The summed E-state index contributed by atoms with van der Waals surface area (Å²) in [6.07, 6.45) is 16.2. The number of rotatable bonds is 3. The van der Waals surface area contributed by atoms with Crippen molar-refractivity contribution in [2.75, 3.05) is 0 Å². The first-order valence-corrected chi connectivity index (χ1v) is 12.4. The maximum atomic E-state index is 3.78. The van der Waals surface area contributed by atoms with Crippen molar-refractivity contribution in [3.8, 4) is 0 Å². The maximum Gasteiger partial charge on any atom is -0.00172 e. The van der Waals surface area contributed by atoms with E-state index in [4.69, 9.17) is 0 Å². The van der Waals surface area contributed by atoms with Gasteiger partial charge in [0, 0.05) is 0 Å². The Morgan fingerprint density at radius 3 is 2.00 bits per heavy atom. The Kier molecular flexibility index (Phi) is 5.75. The van der Waals surface area contributed by atoms with Crippen LogP contribution in [0.3, 0.4) is 0 Å². The normalized spacial score (nSPS) is 23.8. The first-order chi connectivity index (χ1) is 13.7. The van der Waals surface area contributed by atoms with Crippen molar-refractivity contribution in [3.05, 3.63) is 62.2 Å². The minimum Gasteiger partial charge on any atom is -0.0584 e. The molecule has 1 heteroatoms. The zero-order valence-electron chi connectivity index (χ0n) is 19.1. The molecule has 156 valence electrons. The van der Waals surface area contributed by atoms with Crippen LogP contribution >= 0.6 is 15.9 Å². The number of fused-ring (bicyclic) bond motifs is 1. The van der Waals surface area contributed by atoms with E-state index >= 15 is 0 Å². The molecule has 0 saturated heterocycles. The van der Waals surface area contributed by atoms with E-state index in [1.54, 1.807) is 22.3 Å². The summed E-state index contributed by atoms with van der Waals surface area (Å²) in [7, 11) is 0. The average molecular weight is 454 g/mol. The second-order valence-electron chi connectivity index (χ2n) is 10.8. The molecule has 1 aromatic rings. The molecular weight excluding hydrogens is 416 g/mol. The smallest absolute Gasteiger partial charge is 0.00172 e. The summed E-state index contributed by atoms with van der Waals surface area (Å²) in [5, 5.41) is 0. The van der Waals surface area contributed by atoms with Crippen LogP contribution < -0.4 is 0 Å². The van der Waals surface area contributed by atoms with E-state index in [0.717, 1.165) is 0 Å². The largest absolute Gasteiger partial charge is 0.0584 e. The molecule has 0 unspecified atom stereocenters. The molecular formula is C28H37Br. The molecule has 3 aliphatic carbocycles. The van der Waals surface area contributed by atoms with Crippen LogP contribution in [0.15, 0.2) is 39.9 Å². The highest BCUT2D eigenvalue weighted by Crippen LogP contribution is 2.48. The van der Waals surface area contributed by atoms with Crippen molar-refractivity contribution in [3.63, 3.8) is 0 Å². The van der Waals surface area contributed by atoms with Crippen molar-refractivity contribution >= 4 is 21.5 Å². The van der Waals surface area contributed by atoms with Gasteiger partial charge in [0.1, 0.15) is 0 Å². The quantitative estimate of drug-likeness (QED) is 0.428. The van der Waals surface area contributed by atoms with Gasteiger partial charge in [0.2, 0.25) is 0 Å². The molecule has 0 aliphatic heterocycles. The standard InChI is InChI=1S/C28H37Br/c1-19-17-24-25(28(4,5)16-15-27(24,2)3)18-23(19)22-11-7-6-9-20(22)13-14-21-10-8-12-26(21)29/h13-14,17-18H,6-12,15-16H2,1-5H3/b14-13+. The van der Waals surface area contributed by atoms with Gasteiger partial charge >= 0.3 is 0 Å². The van der Waals surface area contributed by atoms with Crippen molar-refractivity contribution in [2.24, 2.45) is 0 Å². The van der Waals surface area contributed by atoms with Crippen LogP contribution in [0.1, 0.15) is 108 Å². The predicted octanol–water partition coefficient (Wildman–Crippen LogP) is 9.06. The fourth-order valence-electron chi connectivity index (χ4n) is 5.57. The van der Waals surface area contributed by atoms with Gasteiger partial charge in [-0.25, -0.2) is 0 Å². The average Bonchev–Trinajstić information content (AvgIpc) is 3.09. The van der Waals surface area contributed by atoms with Crippen molar-refractivity contribution in [1.82, 2.24) is 0 Å². The number of hydrogen-bond acceptors (Lipinski definition) is 0. The number of aryl methyl sites for hydroxylation is 1. The van der Waals surface area contributed by atoms with E-state index in [-0.39, 0.29) is 5.41 Å². The molecule has 0 bridgehead atoms. The summed E-state index contributed by atoms with van der Waals surface area (Å²) in [6.45, 7) is 12.1. The van der Waals surface area contributed by atoms with Gasteiger partial charge in [0.15, 0.2) is 0 Å². The summed E-state index contributed by atoms with van der Waals surface area (Å²) in [4.78, 5) is 0. The molecule has 0 spiro atoms. The number of hydrogen-bond donors (Lipinski definition) is 0. The second-order valence-corrected chi connectivity index (χ2v) is 11.8. The Labute approximate surface area is 186 Å². The van der Waals surface area contributed by atoms with Gasteiger partial charge in [0.25, 0.3) is 0 Å². The van der Waals surface area contributed by atoms with Crippen LogP contribution in [0.25, 0.3) is 5.57 Å². The lowest BCUT2D eigenvalue weighted by molar-refractivity contribution is 0.331. The molecule has 0 nitrogen and oxygen atoms in total. The Morgan fingerprint density at radius 1 is 0.759 bits per heavy atom. The van der Waals surface area contributed by atoms with Crippen LogP contribution in [-0.4, -0.2) is 0 Å². The van der Waals surface area contributed by atoms with Gasteiger partial charge in [-0.3, -0.25) is 0 Å². The first kappa shape index (κ1) is 21.2. The third-order valence-electron chi connectivity index (χ3n) is 7.71. The molecule has 0 N–H and O–H groups in total. The summed E-state index contributed by atoms with van der Waals surface area (Å²) in [6, 6.07) is 5.12. The van der Waals surface area contributed by atoms with Crippen LogP contribution in [0.4, 0.5) is 0 Å². The Balaban J connectivity index is 1.81. The maximum absolute atomic E-state index is 3.78. The van der Waals surface area contributed by atoms with E-state index < -0.39 is 0 Å². The van der Waals surface area contributed by atoms with E-state index in [1.165, 1.54) is 79.0 Å². The van der Waals surface area contributed by atoms with Crippen LogP contribution in [-0.2, 0) is 10.8 Å². The highest BCUT2D eigenvalue weighted by Gasteiger charge is 2.37. The fourth-order valence-corrected chi connectivity index (χ4v) is 6.18. The van der Waals surface area contributed by atoms with Crippen molar-refractivity contribution < 1.29 is 0 Å². The molecule has 0 aromatic heterocycles. The Morgan fingerprint density at radius 2 is 1.34 bits per heavy atom. The molecule has 1 aromatic carbocycles. The molecule has 0 saturated carbocycles. The van der Waals surface area contributed by atoms with Gasteiger partial charge in [-0.2, -0.15) is 0 Å². The zero-order valence-corrected chi connectivity index (χ0v) is 20.6. The fraction of sp³-hybridized carbons (Fsp3) is 0.571. The lowest BCUT2D eigenvalue weighted by atomic mass is 9.62. The van der Waals surface area contributed by atoms with Gasteiger partial charge in [0.05, 0.1) is 0 Å². The molecule has 0 fully saturated rings. The highest BCUT2D eigenvalue weighted by atomic mass is 79.9. The number of allylic oxidation sites excluding steroid dienone is 6. The summed E-state index contributed by atoms with van der Waals surface area (Å²) in [5.74, 6) is 0. The third-order valence-corrected chi connectivity index (χ3v) is 8.62. The Hall–Kier alpha value is -1.08. The van der Waals surface area contributed by atoms with Crippen LogP contribution in [0.2, 0.25) is 0 Å². The van der Waals surface area contributed by atoms with E-state index in [2.05, 4.69) is 74.8 Å². The Bertz CT molecular complexity index is 904. The zero-order chi connectivity index (χ0) is 20.8. The highest BCUT2D eigenvalue weighted by molar-refractivity contribution is 9.11. The molecule has 3 aliphatic rings. The molecule has 0 heterocycles. The lowest BCUT2D eigenvalue weighted by Crippen LogP contribution is -2.34. The topological polar surface area (TPSA) is 0 Å². The summed E-state index contributed by atoms with van der Waals surface area (Å²) in [5.41, 5.74) is 11.4. The third kappa shape index (κ3) is 4.09. The number of halogens is 1. The van der Waals surface area contributed by atoms with E-state index in [1.807, 2.05) is 0 Å². The minimum atomic E-state index is 0.276. The van der Waals surface area contributed by atoms with Gasteiger partial charge in [-0.1, -0.05) is 67.9 Å². The lowest BCUT2D eigenvalue weighted by Gasteiger charge is -2.42. The molecule has 0 radical (unpaired) electrons. The van der Waals surface area contributed by atoms with Gasteiger partial charge in [-0.15, -0.1) is 0 Å². The number of benzene rings is 1. The summed E-state index contributed by atoms with van der Waals surface area (Å²) < 4.78 is 1.42. The molecule has 0 amide bonds. The molecule has 0 atom stereocenters. The second kappa shape index (κ2) is 7.88. The molecule has 29 heavy (non-hydrogen) atoms. The van der Waals surface area contributed by atoms with Gasteiger partial charge in [-0.05, 0) is 119 Å². The summed E-state index contributed by atoms with van der Waals surface area (Å²) >= 11 is 3.78. The van der Waals surface area contributed by atoms with Gasteiger partial charge < -0.3 is 0 Å². The van der Waals surface area contributed by atoms with E-state index in [0.29, 0.717) is 5.41 Å². The van der Waals surface area contributed by atoms with E-state index in [9.17, 15) is 0 Å². The predicted molar refractivity (Wildman–Crippen MR) is 131 cm³/mol. The first-order valence-electron chi connectivity index (χ1n) is 11.6. The van der Waals surface area contributed by atoms with Crippen LogP contribution in [0, 0.1) is 6.92 Å². The monoisotopic (exact) mass is 452 g/mol. The SMILES string of the molecule is Cc1cc2c(cc1C1=C(/C=C/C3=C(Br)CCC3)CCCC1)C(C)(C)CCC2(C)C. The minimum absolute atomic E-state index is 0.276. The van der Waals surface area contributed by atoms with Crippen molar-refractivity contribution in [2.45, 2.75) is 103 Å². The van der Waals surface area contributed by atoms with Crippen LogP contribution in [0.5, 0.6) is 0 Å². The van der Waals surface area contributed by atoms with Crippen molar-refractivity contribution in [1.29, 1.82) is 0 Å².